The van der Waals surface area contributed by atoms with Gasteiger partial charge in [-0.15, -0.1) is 10.2 Å². The molecule has 2 aromatic rings. The molecular weight excluding hydrogens is 244 g/mol. The first kappa shape index (κ1) is 12.1. The molecule has 0 aromatic carbocycles. The van der Waals surface area contributed by atoms with Gasteiger partial charge in [-0.2, -0.15) is 10.1 Å². The summed E-state index contributed by atoms with van der Waals surface area (Å²) in [7, 11) is 1.89. The van der Waals surface area contributed by atoms with Gasteiger partial charge in [0.05, 0.1) is 0 Å². The molecule has 1 N–H and O–H groups in total. The van der Waals surface area contributed by atoms with Crippen molar-refractivity contribution in [3.63, 3.8) is 0 Å². The minimum Gasteiger partial charge on any atom is -0.426 e. The zero-order chi connectivity index (χ0) is 13.2. The lowest BCUT2D eigenvalue weighted by Gasteiger charge is -2.12. The van der Waals surface area contributed by atoms with Gasteiger partial charge in [0.25, 0.3) is 0 Å². The lowest BCUT2D eigenvalue weighted by atomic mass is 10.0. The Balaban J connectivity index is 1.54. The molecular formula is C12H18N6O. The first-order valence-electron chi connectivity index (χ1n) is 6.60. The van der Waals surface area contributed by atoms with E-state index in [0.29, 0.717) is 17.9 Å². The minimum atomic E-state index is 0.455. The molecule has 2 aromatic heterocycles. The number of aromatic nitrogens is 5. The van der Waals surface area contributed by atoms with Gasteiger partial charge in [-0.1, -0.05) is 0 Å². The van der Waals surface area contributed by atoms with Crippen LogP contribution in [0.4, 0.5) is 5.95 Å². The van der Waals surface area contributed by atoms with Gasteiger partial charge in [-0.3, -0.25) is 0 Å². The van der Waals surface area contributed by atoms with Gasteiger partial charge in [0.1, 0.15) is 6.33 Å². The maximum atomic E-state index is 5.44. The largest absolute Gasteiger partial charge is 0.426 e. The van der Waals surface area contributed by atoms with Crippen LogP contribution < -0.4 is 5.32 Å². The first-order chi connectivity index (χ1) is 9.20. The molecule has 1 saturated carbocycles. The standard InChI is InChI=1S/C12H18N6O/c1-8-16-17-11(19-8)6-9-3-4-10(5-9)15-12-13-7-14-18(12)2/h7,9-10H,3-6H2,1-2H3,(H,13,14,15)/t9-,10+/m1/s1. The molecule has 102 valence electrons. The van der Waals surface area contributed by atoms with Crippen LogP contribution in [0.25, 0.3) is 0 Å². The summed E-state index contributed by atoms with van der Waals surface area (Å²) in [4.78, 5) is 4.19. The van der Waals surface area contributed by atoms with Crippen LogP contribution >= 0.6 is 0 Å². The van der Waals surface area contributed by atoms with Crippen molar-refractivity contribution in [2.75, 3.05) is 5.32 Å². The third-order valence-corrected chi connectivity index (χ3v) is 3.62. The number of rotatable bonds is 4. The second kappa shape index (κ2) is 4.99. The Bertz CT molecular complexity index is 548. The molecule has 1 aliphatic carbocycles. The SMILES string of the molecule is Cc1nnc(C[C@@H]2CC[C@H](Nc3ncnn3C)C2)o1. The van der Waals surface area contributed by atoms with E-state index in [9.17, 15) is 0 Å². The highest BCUT2D eigenvalue weighted by Gasteiger charge is 2.27. The fourth-order valence-electron chi connectivity index (χ4n) is 2.67. The Morgan fingerprint density at radius 1 is 1.42 bits per heavy atom. The molecule has 0 amide bonds. The van der Waals surface area contributed by atoms with Crippen LogP contribution in [0, 0.1) is 12.8 Å². The summed E-state index contributed by atoms with van der Waals surface area (Å²) in [5.74, 6) is 2.83. The van der Waals surface area contributed by atoms with Gasteiger partial charge >= 0.3 is 0 Å². The molecule has 0 radical (unpaired) electrons. The first-order valence-corrected chi connectivity index (χ1v) is 6.60. The number of aryl methyl sites for hydroxylation is 2. The second-order valence-electron chi connectivity index (χ2n) is 5.15. The van der Waals surface area contributed by atoms with Crippen molar-refractivity contribution in [2.45, 2.75) is 38.6 Å². The highest BCUT2D eigenvalue weighted by molar-refractivity contribution is 5.25. The Morgan fingerprint density at radius 2 is 2.32 bits per heavy atom. The van der Waals surface area contributed by atoms with E-state index in [1.54, 1.807) is 11.0 Å². The molecule has 0 aliphatic heterocycles. The number of nitrogens with zero attached hydrogens (tertiary/aromatic N) is 5. The quantitative estimate of drug-likeness (QED) is 0.895. The lowest BCUT2D eigenvalue weighted by molar-refractivity contribution is 0.416. The summed E-state index contributed by atoms with van der Waals surface area (Å²) >= 11 is 0. The molecule has 0 saturated heterocycles. The average molecular weight is 262 g/mol. The Kier molecular flexibility index (Phi) is 3.18. The Hall–Kier alpha value is -1.92. The van der Waals surface area contributed by atoms with Crippen LogP contribution in [0.15, 0.2) is 10.7 Å². The van der Waals surface area contributed by atoms with Crippen LogP contribution in [-0.4, -0.2) is 31.0 Å². The van der Waals surface area contributed by atoms with Gasteiger partial charge in [0.15, 0.2) is 0 Å². The molecule has 1 aliphatic rings. The van der Waals surface area contributed by atoms with Crippen LogP contribution in [0.5, 0.6) is 0 Å². The summed E-state index contributed by atoms with van der Waals surface area (Å²) in [6.07, 6.45) is 5.86. The zero-order valence-electron chi connectivity index (χ0n) is 11.2. The topological polar surface area (TPSA) is 81.7 Å². The van der Waals surface area contributed by atoms with E-state index in [4.69, 9.17) is 4.42 Å². The molecule has 7 heteroatoms. The lowest BCUT2D eigenvalue weighted by Crippen LogP contribution is -2.18. The van der Waals surface area contributed by atoms with E-state index in [1.165, 1.54) is 6.42 Å². The highest BCUT2D eigenvalue weighted by atomic mass is 16.4. The molecule has 0 unspecified atom stereocenters. The van der Waals surface area contributed by atoms with Crippen LogP contribution in [0.1, 0.15) is 31.0 Å². The van der Waals surface area contributed by atoms with Crippen molar-refractivity contribution < 1.29 is 4.42 Å². The fourth-order valence-corrected chi connectivity index (χ4v) is 2.67. The van der Waals surface area contributed by atoms with Gasteiger partial charge in [0, 0.05) is 26.4 Å². The van der Waals surface area contributed by atoms with Crippen LogP contribution in [0.2, 0.25) is 0 Å². The van der Waals surface area contributed by atoms with E-state index in [2.05, 4.69) is 25.6 Å². The molecule has 7 nitrogen and oxygen atoms in total. The van der Waals surface area contributed by atoms with E-state index in [0.717, 1.165) is 31.1 Å². The molecule has 1 fully saturated rings. The van der Waals surface area contributed by atoms with E-state index in [1.807, 2.05) is 14.0 Å². The van der Waals surface area contributed by atoms with Crippen LogP contribution in [-0.2, 0) is 13.5 Å². The summed E-state index contributed by atoms with van der Waals surface area (Å²) < 4.78 is 7.20. The average Bonchev–Trinajstić information content (AvgIpc) is 3.06. The van der Waals surface area contributed by atoms with E-state index >= 15 is 0 Å². The molecule has 3 rings (SSSR count). The summed E-state index contributed by atoms with van der Waals surface area (Å²) in [5.41, 5.74) is 0. The predicted octanol–water partition coefficient (Wildman–Crippen LogP) is 1.33. The van der Waals surface area contributed by atoms with Crippen molar-refractivity contribution >= 4 is 5.95 Å². The fraction of sp³-hybridized carbons (Fsp3) is 0.667. The number of anilines is 1. The summed E-state index contributed by atoms with van der Waals surface area (Å²) in [5, 5.41) is 15.4. The van der Waals surface area contributed by atoms with Gasteiger partial charge < -0.3 is 9.73 Å². The summed E-state index contributed by atoms with van der Waals surface area (Å²) in [6.45, 7) is 1.82. The maximum Gasteiger partial charge on any atom is 0.221 e. The van der Waals surface area contributed by atoms with Gasteiger partial charge in [0.2, 0.25) is 17.7 Å². The zero-order valence-corrected chi connectivity index (χ0v) is 11.2. The normalized spacial score (nSPS) is 22.8. The molecule has 2 heterocycles. The van der Waals surface area contributed by atoms with Crippen molar-refractivity contribution in [3.05, 3.63) is 18.1 Å². The molecule has 19 heavy (non-hydrogen) atoms. The highest BCUT2D eigenvalue weighted by Crippen LogP contribution is 2.30. The summed E-state index contributed by atoms with van der Waals surface area (Å²) in [6, 6.07) is 0.455. The minimum absolute atomic E-state index is 0.455. The Labute approximate surface area is 111 Å². The number of hydrogen-bond acceptors (Lipinski definition) is 6. The van der Waals surface area contributed by atoms with Gasteiger partial charge in [-0.05, 0) is 25.2 Å². The van der Waals surface area contributed by atoms with Crippen molar-refractivity contribution in [1.82, 2.24) is 25.0 Å². The molecule has 0 bridgehead atoms. The number of nitrogens with one attached hydrogen (secondary N) is 1. The number of hydrogen-bond donors (Lipinski definition) is 1. The van der Waals surface area contributed by atoms with E-state index < -0.39 is 0 Å². The van der Waals surface area contributed by atoms with Crippen molar-refractivity contribution in [3.8, 4) is 0 Å². The monoisotopic (exact) mass is 262 g/mol. The van der Waals surface area contributed by atoms with Crippen molar-refractivity contribution in [1.29, 1.82) is 0 Å². The molecule has 2 atom stereocenters. The molecule has 0 spiro atoms. The van der Waals surface area contributed by atoms with Crippen LogP contribution in [0.3, 0.4) is 0 Å². The third kappa shape index (κ3) is 2.74. The third-order valence-electron chi connectivity index (χ3n) is 3.62. The smallest absolute Gasteiger partial charge is 0.221 e. The van der Waals surface area contributed by atoms with Crippen molar-refractivity contribution in [2.24, 2.45) is 13.0 Å². The second-order valence-corrected chi connectivity index (χ2v) is 5.15. The van der Waals surface area contributed by atoms with Gasteiger partial charge in [-0.25, -0.2) is 4.68 Å². The predicted molar refractivity (Wildman–Crippen MR) is 68.5 cm³/mol. The Morgan fingerprint density at radius 3 is 3.00 bits per heavy atom. The maximum absolute atomic E-state index is 5.44. The van der Waals surface area contributed by atoms with E-state index in [-0.39, 0.29) is 0 Å².